The van der Waals surface area contributed by atoms with Crippen molar-refractivity contribution in [3.05, 3.63) is 60.2 Å². The predicted octanol–water partition coefficient (Wildman–Crippen LogP) is 2.14. The minimum absolute atomic E-state index is 0.000817. The molecule has 2 saturated heterocycles. The van der Waals surface area contributed by atoms with Crippen LogP contribution in [0.1, 0.15) is 45.0 Å². The molecule has 0 aliphatic carbocycles. The van der Waals surface area contributed by atoms with Crippen LogP contribution in [0.4, 0.5) is 0 Å². The van der Waals surface area contributed by atoms with Crippen LogP contribution >= 0.6 is 0 Å². The number of esters is 1. The number of carbonyl (C=O) groups is 3. The molecule has 4 rings (SSSR count). The highest BCUT2D eigenvalue weighted by Crippen LogP contribution is 2.37. The molecule has 3 atom stereocenters. The molecule has 2 fully saturated rings. The summed E-state index contributed by atoms with van der Waals surface area (Å²) in [7, 11) is -2.04. The van der Waals surface area contributed by atoms with Crippen molar-refractivity contribution in [2.75, 3.05) is 33.4 Å². The van der Waals surface area contributed by atoms with E-state index in [0.29, 0.717) is 37.2 Å². The van der Waals surface area contributed by atoms with E-state index in [-0.39, 0.29) is 24.0 Å². The number of sulfonamides is 1. The zero-order valence-electron chi connectivity index (χ0n) is 24.6. The zero-order chi connectivity index (χ0) is 31.2. The van der Waals surface area contributed by atoms with Crippen molar-refractivity contribution in [3.8, 4) is 5.75 Å². The molecular weight excluding hydrogens is 578 g/mol. The smallest absolute Gasteiger partial charge is 0.336 e. The number of methoxy groups -OCH3 is 1. The average molecular weight is 618 g/mol. The second-order valence-corrected chi connectivity index (χ2v) is 13.4. The number of piperidine rings is 1. The monoisotopic (exact) mass is 617 g/mol. The van der Waals surface area contributed by atoms with E-state index in [9.17, 15) is 22.8 Å². The molecule has 2 aliphatic heterocycles. The Kier molecular flexibility index (Phi) is 10.4. The molecule has 2 aromatic carbocycles. The van der Waals surface area contributed by atoms with E-state index in [4.69, 9.17) is 24.7 Å². The van der Waals surface area contributed by atoms with Gasteiger partial charge >= 0.3 is 5.97 Å². The third-order valence-corrected chi connectivity index (χ3v) is 9.55. The van der Waals surface area contributed by atoms with E-state index >= 15 is 0 Å². The highest BCUT2D eigenvalue weighted by molar-refractivity contribution is 7.89. The van der Waals surface area contributed by atoms with E-state index in [1.54, 1.807) is 75.6 Å². The number of nitrogens with one attached hydrogen (secondary N) is 1. The Morgan fingerprint density at radius 1 is 1.07 bits per heavy atom. The fourth-order valence-electron chi connectivity index (χ4n) is 5.05. The molecule has 0 saturated carbocycles. The number of rotatable bonds is 11. The molecule has 0 aromatic heterocycles. The maximum absolute atomic E-state index is 13.3. The highest BCUT2D eigenvalue weighted by atomic mass is 32.2. The Bertz CT molecular complexity index is 1380. The van der Waals surface area contributed by atoms with Gasteiger partial charge in [0.2, 0.25) is 15.9 Å². The van der Waals surface area contributed by atoms with Crippen LogP contribution in [-0.2, 0) is 38.6 Å². The molecular formula is C30H39N3O9S. The molecule has 0 bridgehead atoms. The molecule has 2 amide bonds. The molecule has 2 aromatic rings. The lowest BCUT2D eigenvalue weighted by atomic mass is 9.86. The topological polar surface area (TPSA) is 164 Å². The van der Waals surface area contributed by atoms with Crippen LogP contribution in [0, 0.1) is 11.3 Å². The van der Waals surface area contributed by atoms with Crippen LogP contribution in [0.5, 0.6) is 5.75 Å². The van der Waals surface area contributed by atoms with Gasteiger partial charge in [-0.25, -0.2) is 13.2 Å². The van der Waals surface area contributed by atoms with Gasteiger partial charge in [0.05, 0.1) is 25.0 Å². The summed E-state index contributed by atoms with van der Waals surface area (Å²) in [6, 6.07) is 15.2. The molecule has 3 N–H and O–H groups in total. The molecule has 43 heavy (non-hydrogen) atoms. The number of carbonyl (C=O) groups excluding carboxylic acids is 3. The van der Waals surface area contributed by atoms with Crippen molar-refractivity contribution >= 4 is 27.8 Å². The van der Waals surface area contributed by atoms with Gasteiger partial charge < -0.3 is 30.0 Å². The molecule has 234 valence electrons. The van der Waals surface area contributed by atoms with Gasteiger partial charge in [-0.15, -0.1) is 0 Å². The van der Waals surface area contributed by atoms with Crippen molar-refractivity contribution < 1.29 is 41.7 Å². The third-order valence-electron chi connectivity index (χ3n) is 7.64. The van der Waals surface area contributed by atoms with Crippen molar-refractivity contribution in [3.63, 3.8) is 0 Å². The number of hydrogen-bond donors (Lipinski definition) is 2. The lowest BCUT2D eigenvalue weighted by molar-refractivity contribution is -0.267. The Morgan fingerprint density at radius 2 is 1.72 bits per heavy atom. The van der Waals surface area contributed by atoms with Crippen molar-refractivity contribution in [2.45, 2.75) is 56.5 Å². The van der Waals surface area contributed by atoms with Crippen LogP contribution in [-0.4, -0.2) is 76.1 Å². The molecule has 2 heterocycles. The predicted molar refractivity (Wildman–Crippen MR) is 155 cm³/mol. The van der Waals surface area contributed by atoms with Gasteiger partial charge in [-0.05, 0) is 43.0 Å². The summed E-state index contributed by atoms with van der Waals surface area (Å²) < 4.78 is 49.8. The number of nitrogens with two attached hydrogens (primary N) is 1. The molecule has 2 aliphatic rings. The summed E-state index contributed by atoms with van der Waals surface area (Å²) in [5, 5.41) is 2.75. The molecule has 0 radical (unpaired) electrons. The zero-order valence-corrected chi connectivity index (χ0v) is 25.4. The number of amides is 2. The number of benzene rings is 2. The lowest BCUT2D eigenvalue weighted by Crippen LogP contribution is -2.51. The third kappa shape index (κ3) is 8.11. The van der Waals surface area contributed by atoms with Gasteiger partial charge in [0.1, 0.15) is 5.75 Å². The Hall–Kier alpha value is -3.52. The summed E-state index contributed by atoms with van der Waals surface area (Å²) in [5.74, 6) is -1.63. The first-order valence-electron chi connectivity index (χ1n) is 14.1. The van der Waals surface area contributed by atoms with E-state index in [1.807, 2.05) is 0 Å². The first-order chi connectivity index (χ1) is 20.4. The SMILES string of the molecule is COc1ccc(C2OCC(C)(C)C(C(=O)OC(CC(N)=O)C(=O)NCC3CCN(S(=O)(=O)c4ccccc4)CC3)O2)cc1. The summed E-state index contributed by atoms with van der Waals surface area (Å²) in [6.45, 7) is 4.57. The first-order valence-corrected chi connectivity index (χ1v) is 15.6. The van der Waals surface area contributed by atoms with Gasteiger partial charge in [-0.3, -0.25) is 9.59 Å². The largest absolute Gasteiger partial charge is 0.497 e. The van der Waals surface area contributed by atoms with Gasteiger partial charge in [-0.1, -0.05) is 44.2 Å². The number of ether oxygens (including phenoxy) is 4. The van der Waals surface area contributed by atoms with Gasteiger partial charge in [0, 0.05) is 30.6 Å². The minimum Gasteiger partial charge on any atom is -0.497 e. The second kappa shape index (κ2) is 13.8. The normalized spacial score (nSPS) is 21.8. The summed E-state index contributed by atoms with van der Waals surface area (Å²) in [4.78, 5) is 38.4. The molecule has 0 spiro atoms. The fourth-order valence-corrected chi connectivity index (χ4v) is 6.54. The summed E-state index contributed by atoms with van der Waals surface area (Å²) >= 11 is 0. The van der Waals surface area contributed by atoms with Gasteiger partial charge in [-0.2, -0.15) is 4.31 Å². The van der Waals surface area contributed by atoms with Crippen molar-refractivity contribution in [1.29, 1.82) is 0 Å². The summed E-state index contributed by atoms with van der Waals surface area (Å²) in [5.41, 5.74) is 5.25. The van der Waals surface area contributed by atoms with E-state index < -0.39 is 58.1 Å². The Morgan fingerprint density at radius 3 is 2.33 bits per heavy atom. The quantitative estimate of drug-likeness (QED) is 0.360. The number of nitrogens with zero attached hydrogens (tertiary/aromatic N) is 1. The lowest BCUT2D eigenvalue weighted by Gasteiger charge is -2.40. The second-order valence-electron chi connectivity index (χ2n) is 11.4. The maximum Gasteiger partial charge on any atom is 0.336 e. The van der Waals surface area contributed by atoms with Crippen LogP contribution in [0.25, 0.3) is 0 Å². The fraction of sp³-hybridized carbons (Fsp3) is 0.500. The molecule has 13 heteroatoms. The Labute approximate surface area is 251 Å². The van der Waals surface area contributed by atoms with Gasteiger partial charge in [0.25, 0.3) is 5.91 Å². The number of primary amides is 1. The van der Waals surface area contributed by atoms with Crippen LogP contribution in [0.3, 0.4) is 0 Å². The minimum atomic E-state index is -3.59. The highest BCUT2D eigenvalue weighted by Gasteiger charge is 2.45. The first kappa shape index (κ1) is 32.4. The number of hydrogen-bond acceptors (Lipinski definition) is 9. The Balaban J connectivity index is 1.34. The van der Waals surface area contributed by atoms with E-state index in [1.165, 1.54) is 4.31 Å². The van der Waals surface area contributed by atoms with Crippen molar-refractivity contribution in [2.24, 2.45) is 17.1 Å². The van der Waals surface area contributed by atoms with Crippen LogP contribution < -0.4 is 15.8 Å². The van der Waals surface area contributed by atoms with Crippen LogP contribution in [0.2, 0.25) is 0 Å². The van der Waals surface area contributed by atoms with E-state index in [2.05, 4.69) is 5.32 Å². The molecule has 3 unspecified atom stereocenters. The maximum atomic E-state index is 13.3. The molecule has 12 nitrogen and oxygen atoms in total. The standard InChI is InChI=1S/C30H39N3O9S/c1-30(2)19-40-29(21-9-11-22(39-3)12-10-21)42-26(30)28(36)41-24(17-25(31)34)27(35)32-18-20-13-15-33(16-14-20)43(37,38)23-7-5-4-6-8-23/h4-12,20,24,26,29H,13-19H2,1-3H3,(H2,31,34)(H,32,35). The summed E-state index contributed by atoms with van der Waals surface area (Å²) in [6.07, 6.45) is -2.83. The van der Waals surface area contributed by atoms with E-state index in [0.717, 1.165) is 0 Å². The van der Waals surface area contributed by atoms with Crippen LogP contribution in [0.15, 0.2) is 59.5 Å². The average Bonchev–Trinajstić information content (AvgIpc) is 3.00. The van der Waals surface area contributed by atoms with Crippen molar-refractivity contribution in [1.82, 2.24) is 9.62 Å². The van der Waals surface area contributed by atoms with Gasteiger partial charge in [0.15, 0.2) is 18.5 Å².